The van der Waals surface area contributed by atoms with E-state index in [1.165, 1.54) is 12.1 Å². The van der Waals surface area contributed by atoms with Crippen molar-refractivity contribution in [2.75, 3.05) is 19.5 Å². The zero-order chi connectivity index (χ0) is 27.5. The van der Waals surface area contributed by atoms with Crippen LogP contribution in [0.25, 0.3) is 0 Å². The summed E-state index contributed by atoms with van der Waals surface area (Å²) in [5.74, 6) is 0.247. The molecule has 0 bridgehead atoms. The van der Waals surface area contributed by atoms with Gasteiger partial charge in [-0.2, -0.15) is 0 Å². The lowest BCUT2D eigenvalue weighted by molar-refractivity contribution is -0.155. The summed E-state index contributed by atoms with van der Waals surface area (Å²) < 4.78 is 49.4. The molecule has 0 aliphatic carbocycles. The van der Waals surface area contributed by atoms with Crippen LogP contribution >= 0.6 is 0 Å². The average Bonchev–Trinajstić information content (AvgIpc) is 2.97. The molecule has 3 aromatic rings. The van der Waals surface area contributed by atoms with E-state index in [1.54, 1.807) is 25.3 Å². The second-order valence-electron chi connectivity index (χ2n) is 9.64. The van der Waals surface area contributed by atoms with Crippen LogP contribution in [0.2, 0.25) is 0 Å². The molecule has 0 spiro atoms. The van der Waals surface area contributed by atoms with E-state index in [0.29, 0.717) is 32.7 Å². The minimum atomic E-state index is -3.67. The standard InChI is InChI=1S/C31H36O7S/c1-35-26-16-14-25(15-17-26)21-36-20-8-13-29(37-22-24-9-4-2-5-10-24)30-19-18-28(32)31(38-30)23-39(33,34)27-11-6-3-7-12-27/h2-7,9-12,14-17,29-31H,8,13,18-23H2,1H3/t29-,30+,31+/m0/s1. The predicted octanol–water partition coefficient (Wildman–Crippen LogP) is 5.17. The maximum atomic E-state index is 12.9. The number of sulfone groups is 1. The number of methoxy groups -OCH3 is 1. The van der Waals surface area contributed by atoms with Gasteiger partial charge in [-0.1, -0.05) is 60.7 Å². The van der Waals surface area contributed by atoms with Gasteiger partial charge in [0.25, 0.3) is 0 Å². The van der Waals surface area contributed by atoms with Gasteiger partial charge in [0.05, 0.1) is 43.2 Å². The number of rotatable bonds is 14. The highest BCUT2D eigenvalue weighted by atomic mass is 32.2. The van der Waals surface area contributed by atoms with Gasteiger partial charge in [-0.25, -0.2) is 8.42 Å². The molecule has 7 nitrogen and oxygen atoms in total. The van der Waals surface area contributed by atoms with E-state index >= 15 is 0 Å². The van der Waals surface area contributed by atoms with E-state index in [-0.39, 0.29) is 35.1 Å². The van der Waals surface area contributed by atoms with Crippen LogP contribution in [0.15, 0.2) is 89.8 Å². The topological polar surface area (TPSA) is 88.1 Å². The first-order valence-electron chi connectivity index (χ1n) is 13.3. The monoisotopic (exact) mass is 552 g/mol. The van der Waals surface area contributed by atoms with Crippen molar-refractivity contribution in [3.8, 4) is 5.75 Å². The van der Waals surface area contributed by atoms with E-state index in [1.807, 2.05) is 54.6 Å². The summed E-state index contributed by atoms with van der Waals surface area (Å²) in [6.45, 7) is 1.43. The van der Waals surface area contributed by atoms with Gasteiger partial charge in [-0.15, -0.1) is 0 Å². The van der Waals surface area contributed by atoms with Gasteiger partial charge in [0.2, 0.25) is 0 Å². The Kier molecular flexibility index (Phi) is 10.7. The lowest BCUT2D eigenvalue weighted by atomic mass is 9.97. The number of hydrogen-bond acceptors (Lipinski definition) is 7. The van der Waals surface area contributed by atoms with Crippen molar-refractivity contribution in [3.63, 3.8) is 0 Å². The van der Waals surface area contributed by atoms with Crippen molar-refractivity contribution in [1.29, 1.82) is 0 Å². The normalized spacial score (nSPS) is 18.5. The maximum Gasteiger partial charge on any atom is 0.181 e. The van der Waals surface area contributed by atoms with Crippen LogP contribution in [0.4, 0.5) is 0 Å². The van der Waals surface area contributed by atoms with Crippen molar-refractivity contribution >= 4 is 15.6 Å². The molecule has 1 fully saturated rings. The third-order valence-corrected chi connectivity index (χ3v) is 8.51. The molecule has 0 unspecified atom stereocenters. The second-order valence-corrected chi connectivity index (χ2v) is 11.7. The minimum absolute atomic E-state index is 0.185. The van der Waals surface area contributed by atoms with Gasteiger partial charge in [-0.3, -0.25) is 4.79 Å². The molecule has 0 radical (unpaired) electrons. The predicted molar refractivity (Wildman–Crippen MR) is 148 cm³/mol. The third-order valence-electron chi connectivity index (χ3n) is 6.77. The first-order chi connectivity index (χ1) is 18.9. The van der Waals surface area contributed by atoms with Gasteiger partial charge in [0, 0.05) is 13.0 Å². The highest BCUT2D eigenvalue weighted by Gasteiger charge is 2.37. The fourth-order valence-corrected chi connectivity index (χ4v) is 6.01. The Bertz CT molecular complexity index is 1260. The first kappa shape index (κ1) is 29.0. The molecule has 0 saturated carbocycles. The molecule has 4 rings (SSSR count). The number of ether oxygens (including phenoxy) is 4. The Morgan fingerprint density at radius 2 is 1.56 bits per heavy atom. The maximum absolute atomic E-state index is 12.9. The van der Waals surface area contributed by atoms with Crippen LogP contribution in [0.3, 0.4) is 0 Å². The number of hydrogen-bond donors (Lipinski definition) is 0. The molecule has 3 aromatic carbocycles. The summed E-state index contributed by atoms with van der Waals surface area (Å²) >= 11 is 0. The molecule has 1 heterocycles. The smallest absolute Gasteiger partial charge is 0.181 e. The summed E-state index contributed by atoms with van der Waals surface area (Å²) in [4.78, 5) is 12.9. The molecule has 0 amide bonds. The summed E-state index contributed by atoms with van der Waals surface area (Å²) in [6, 6.07) is 25.8. The molecule has 3 atom stereocenters. The number of carbonyl (C=O) groups excluding carboxylic acids is 1. The van der Waals surface area contributed by atoms with Crippen molar-refractivity contribution in [1.82, 2.24) is 0 Å². The van der Waals surface area contributed by atoms with Crippen LogP contribution in [-0.4, -0.2) is 52.0 Å². The Morgan fingerprint density at radius 1 is 0.897 bits per heavy atom. The molecular weight excluding hydrogens is 516 g/mol. The van der Waals surface area contributed by atoms with Crippen LogP contribution in [-0.2, 0) is 42.1 Å². The quantitative estimate of drug-likeness (QED) is 0.255. The van der Waals surface area contributed by atoms with Gasteiger partial charge in [0.1, 0.15) is 11.9 Å². The van der Waals surface area contributed by atoms with Crippen LogP contribution in [0.1, 0.15) is 36.8 Å². The van der Waals surface area contributed by atoms with Gasteiger partial charge in [0.15, 0.2) is 15.6 Å². The number of benzene rings is 3. The van der Waals surface area contributed by atoms with Crippen LogP contribution in [0, 0.1) is 0 Å². The molecule has 1 saturated heterocycles. The van der Waals surface area contributed by atoms with Crippen molar-refractivity contribution < 1.29 is 32.2 Å². The second kappa shape index (κ2) is 14.4. The Labute approximate surface area is 231 Å². The molecule has 1 aliphatic heterocycles. The Hall–Kier alpha value is -3.04. The summed E-state index contributed by atoms with van der Waals surface area (Å²) in [5, 5.41) is 0. The fraction of sp³-hybridized carbons (Fsp3) is 0.387. The highest BCUT2D eigenvalue weighted by Crippen LogP contribution is 2.26. The van der Waals surface area contributed by atoms with E-state index in [4.69, 9.17) is 18.9 Å². The van der Waals surface area contributed by atoms with Gasteiger partial charge < -0.3 is 18.9 Å². The number of carbonyl (C=O) groups is 1. The Balaban J connectivity index is 1.35. The SMILES string of the molecule is COc1ccc(COCCC[C@H](OCc2ccccc2)[C@H]2CCC(=O)[C@@H](CS(=O)(=O)c3ccccc3)O2)cc1. The molecular formula is C31H36O7S. The van der Waals surface area contributed by atoms with Crippen LogP contribution in [0.5, 0.6) is 5.75 Å². The molecule has 0 N–H and O–H groups in total. The fourth-order valence-electron chi connectivity index (χ4n) is 4.58. The Morgan fingerprint density at radius 3 is 2.26 bits per heavy atom. The summed E-state index contributed by atoms with van der Waals surface area (Å²) in [7, 11) is -2.03. The van der Waals surface area contributed by atoms with Crippen molar-refractivity contribution in [2.45, 2.75) is 62.1 Å². The lowest BCUT2D eigenvalue weighted by Gasteiger charge is -2.34. The summed E-state index contributed by atoms with van der Waals surface area (Å²) in [5.41, 5.74) is 2.10. The molecule has 0 aromatic heterocycles. The van der Waals surface area contributed by atoms with Crippen molar-refractivity contribution in [3.05, 3.63) is 96.1 Å². The minimum Gasteiger partial charge on any atom is -0.497 e. The van der Waals surface area contributed by atoms with Crippen molar-refractivity contribution in [2.24, 2.45) is 0 Å². The van der Waals surface area contributed by atoms with E-state index < -0.39 is 15.9 Å². The lowest BCUT2D eigenvalue weighted by Crippen LogP contribution is -2.45. The molecule has 39 heavy (non-hydrogen) atoms. The zero-order valence-corrected chi connectivity index (χ0v) is 23.1. The third kappa shape index (κ3) is 8.73. The number of Topliss-reactive ketones (excluding diaryl/α,β-unsaturated/α-hetero) is 1. The first-order valence-corrected chi connectivity index (χ1v) is 14.9. The van der Waals surface area contributed by atoms with Gasteiger partial charge >= 0.3 is 0 Å². The van der Waals surface area contributed by atoms with E-state index in [0.717, 1.165) is 23.3 Å². The van der Waals surface area contributed by atoms with E-state index in [9.17, 15) is 13.2 Å². The average molecular weight is 553 g/mol. The van der Waals surface area contributed by atoms with E-state index in [2.05, 4.69) is 0 Å². The highest BCUT2D eigenvalue weighted by molar-refractivity contribution is 7.91. The van der Waals surface area contributed by atoms with Crippen LogP contribution < -0.4 is 4.74 Å². The molecule has 1 aliphatic rings. The summed E-state index contributed by atoms with van der Waals surface area (Å²) in [6.07, 6.45) is 0.450. The number of ketones is 1. The largest absolute Gasteiger partial charge is 0.497 e. The molecule has 208 valence electrons. The van der Waals surface area contributed by atoms with Gasteiger partial charge in [-0.05, 0) is 54.7 Å². The molecule has 8 heteroatoms. The zero-order valence-electron chi connectivity index (χ0n) is 22.2.